The zero-order valence-electron chi connectivity index (χ0n) is 14.7. The van der Waals surface area contributed by atoms with Crippen molar-refractivity contribution in [3.63, 3.8) is 0 Å². The average molecular weight is 320 g/mol. The fraction of sp³-hybridized carbons (Fsp3) is 0.667. The van der Waals surface area contributed by atoms with Crippen LogP contribution in [0.15, 0.2) is 12.1 Å². The van der Waals surface area contributed by atoms with Gasteiger partial charge in [-0.25, -0.2) is 0 Å². The highest BCUT2D eigenvalue weighted by atomic mass is 16.5. The van der Waals surface area contributed by atoms with Crippen molar-refractivity contribution in [3.8, 4) is 17.2 Å². The highest BCUT2D eigenvalue weighted by molar-refractivity contribution is 5.53. The Balaban J connectivity index is 1.79. The van der Waals surface area contributed by atoms with E-state index in [1.165, 1.54) is 31.5 Å². The molecule has 2 aliphatic rings. The van der Waals surface area contributed by atoms with Crippen LogP contribution >= 0.6 is 0 Å². The molecule has 0 aliphatic carbocycles. The third-order valence-corrected chi connectivity index (χ3v) is 5.33. The predicted molar refractivity (Wildman–Crippen MR) is 90.6 cm³/mol. The van der Waals surface area contributed by atoms with E-state index in [2.05, 4.69) is 28.9 Å². The maximum Gasteiger partial charge on any atom is 0.203 e. The largest absolute Gasteiger partial charge is 0.493 e. The second kappa shape index (κ2) is 6.97. The summed E-state index contributed by atoms with van der Waals surface area (Å²) in [6.07, 6.45) is 2.67. The number of rotatable bonds is 5. The first-order valence-electron chi connectivity index (χ1n) is 8.45. The molecule has 1 aromatic rings. The van der Waals surface area contributed by atoms with Crippen molar-refractivity contribution in [2.24, 2.45) is 0 Å². The van der Waals surface area contributed by atoms with Crippen LogP contribution < -0.4 is 14.2 Å². The Morgan fingerprint density at radius 3 is 2.30 bits per heavy atom. The number of hydrogen-bond donors (Lipinski definition) is 0. The van der Waals surface area contributed by atoms with Crippen molar-refractivity contribution < 1.29 is 14.2 Å². The van der Waals surface area contributed by atoms with Gasteiger partial charge >= 0.3 is 0 Å². The molecular formula is C18H28N2O3. The molecule has 2 aliphatic heterocycles. The Morgan fingerprint density at radius 2 is 1.70 bits per heavy atom. The summed E-state index contributed by atoms with van der Waals surface area (Å²) in [7, 11) is 4.98. The third-order valence-electron chi connectivity index (χ3n) is 5.33. The van der Waals surface area contributed by atoms with Gasteiger partial charge in [0.2, 0.25) is 5.75 Å². The van der Waals surface area contributed by atoms with Crippen molar-refractivity contribution >= 4 is 0 Å². The zero-order valence-corrected chi connectivity index (χ0v) is 14.7. The molecule has 0 spiro atoms. The molecule has 2 fully saturated rings. The molecule has 1 aromatic carbocycles. The summed E-state index contributed by atoms with van der Waals surface area (Å²) in [5, 5.41) is 0. The van der Waals surface area contributed by atoms with E-state index in [1.807, 2.05) is 0 Å². The minimum Gasteiger partial charge on any atom is -0.493 e. The van der Waals surface area contributed by atoms with E-state index in [0.29, 0.717) is 17.8 Å². The maximum absolute atomic E-state index is 5.47. The van der Waals surface area contributed by atoms with Gasteiger partial charge in [0.25, 0.3) is 0 Å². The molecular weight excluding hydrogens is 292 g/mol. The van der Waals surface area contributed by atoms with E-state index in [4.69, 9.17) is 14.2 Å². The monoisotopic (exact) mass is 320 g/mol. The van der Waals surface area contributed by atoms with Crippen LogP contribution in [0.3, 0.4) is 0 Å². The second-order valence-electron chi connectivity index (χ2n) is 6.49. The summed E-state index contributed by atoms with van der Waals surface area (Å²) in [6.45, 7) is 6.85. The highest BCUT2D eigenvalue weighted by Crippen LogP contribution is 2.39. The van der Waals surface area contributed by atoms with Gasteiger partial charge in [0.15, 0.2) is 11.5 Å². The van der Waals surface area contributed by atoms with Gasteiger partial charge < -0.3 is 14.2 Å². The summed E-state index contributed by atoms with van der Waals surface area (Å²) in [6, 6.07) is 5.43. The molecule has 3 rings (SSSR count). The van der Waals surface area contributed by atoms with Crippen molar-refractivity contribution in [1.29, 1.82) is 0 Å². The number of benzene rings is 1. The topological polar surface area (TPSA) is 34.2 Å². The molecule has 23 heavy (non-hydrogen) atoms. The fourth-order valence-corrected chi connectivity index (χ4v) is 4.06. The first-order valence-corrected chi connectivity index (χ1v) is 8.45. The minimum atomic E-state index is 0.588. The normalized spacial score (nSPS) is 25.2. The predicted octanol–water partition coefficient (Wildman–Crippen LogP) is 2.38. The lowest BCUT2D eigenvalue weighted by Gasteiger charge is -2.43. The van der Waals surface area contributed by atoms with E-state index in [9.17, 15) is 0 Å². The number of fused-ring (bicyclic) bond motifs is 1. The molecule has 0 bridgehead atoms. The van der Waals surface area contributed by atoms with Crippen molar-refractivity contribution in [3.05, 3.63) is 17.7 Å². The van der Waals surface area contributed by atoms with Crippen LogP contribution in [0.25, 0.3) is 0 Å². The third kappa shape index (κ3) is 3.12. The number of hydrogen-bond acceptors (Lipinski definition) is 5. The van der Waals surface area contributed by atoms with Crippen LogP contribution in [-0.4, -0.2) is 62.8 Å². The number of ether oxygens (including phenoxy) is 3. The van der Waals surface area contributed by atoms with Crippen LogP contribution in [0.5, 0.6) is 17.2 Å². The SMILES string of the molecule is COc1cc(CN2CCN3CCC[C@H]3[C@H]2C)cc(OC)c1OC. The average Bonchev–Trinajstić information content (AvgIpc) is 3.05. The summed E-state index contributed by atoms with van der Waals surface area (Å²) in [5.74, 6) is 2.12. The van der Waals surface area contributed by atoms with Gasteiger partial charge in [0.05, 0.1) is 21.3 Å². The maximum atomic E-state index is 5.47. The van der Waals surface area contributed by atoms with Gasteiger partial charge in [0.1, 0.15) is 0 Å². The van der Waals surface area contributed by atoms with E-state index in [0.717, 1.165) is 24.6 Å². The summed E-state index contributed by atoms with van der Waals surface area (Å²) >= 11 is 0. The van der Waals surface area contributed by atoms with Gasteiger partial charge in [-0.2, -0.15) is 0 Å². The summed E-state index contributed by atoms with van der Waals surface area (Å²) in [5.41, 5.74) is 1.21. The van der Waals surface area contributed by atoms with E-state index < -0.39 is 0 Å². The molecule has 128 valence electrons. The standard InChI is InChI=1S/C18H28N2O3/c1-13-15-6-5-7-19(15)8-9-20(13)12-14-10-16(21-2)18(23-4)17(11-14)22-3/h10-11,13,15H,5-9,12H2,1-4H3/t13-,15+/m1/s1. The smallest absolute Gasteiger partial charge is 0.203 e. The molecule has 2 saturated heterocycles. The van der Waals surface area contributed by atoms with Crippen LogP contribution in [0.2, 0.25) is 0 Å². The summed E-state index contributed by atoms with van der Waals surface area (Å²) < 4.78 is 16.4. The lowest BCUT2D eigenvalue weighted by atomic mass is 10.0. The van der Waals surface area contributed by atoms with E-state index in [1.54, 1.807) is 21.3 Å². The van der Waals surface area contributed by atoms with Crippen LogP contribution in [-0.2, 0) is 6.54 Å². The number of nitrogens with zero attached hydrogens (tertiary/aromatic N) is 2. The molecule has 0 unspecified atom stereocenters. The zero-order chi connectivity index (χ0) is 16.4. The van der Waals surface area contributed by atoms with Crippen LogP contribution in [0.4, 0.5) is 0 Å². The molecule has 5 heteroatoms. The molecule has 0 amide bonds. The van der Waals surface area contributed by atoms with E-state index >= 15 is 0 Å². The second-order valence-corrected chi connectivity index (χ2v) is 6.49. The molecule has 5 nitrogen and oxygen atoms in total. The van der Waals surface area contributed by atoms with Gasteiger partial charge in [-0.3, -0.25) is 9.80 Å². The molecule has 0 radical (unpaired) electrons. The van der Waals surface area contributed by atoms with Crippen LogP contribution in [0, 0.1) is 0 Å². The van der Waals surface area contributed by atoms with E-state index in [-0.39, 0.29) is 0 Å². The lowest BCUT2D eigenvalue weighted by molar-refractivity contribution is 0.0469. The first-order chi connectivity index (χ1) is 11.2. The Hall–Kier alpha value is -1.46. The number of piperazine rings is 1. The van der Waals surface area contributed by atoms with Crippen molar-refractivity contribution in [1.82, 2.24) is 9.80 Å². The van der Waals surface area contributed by atoms with Crippen LogP contribution in [0.1, 0.15) is 25.3 Å². The summed E-state index contributed by atoms with van der Waals surface area (Å²) in [4.78, 5) is 5.23. The lowest BCUT2D eigenvalue weighted by Crippen LogP contribution is -2.55. The Bertz CT molecular complexity index is 524. The molecule has 0 saturated carbocycles. The Morgan fingerprint density at radius 1 is 1.00 bits per heavy atom. The Labute approximate surface area is 139 Å². The van der Waals surface area contributed by atoms with Gasteiger partial charge in [-0.15, -0.1) is 0 Å². The fourth-order valence-electron chi connectivity index (χ4n) is 4.06. The Kier molecular flexibility index (Phi) is 4.97. The quantitative estimate of drug-likeness (QED) is 0.832. The highest BCUT2D eigenvalue weighted by Gasteiger charge is 2.36. The molecule has 0 aromatic heterocycles. The molecule has 0 N–H and O–H groups in total. The van der Waals surface area contributed by atoms with Gasteiger partial charge in [-0.05, 0) is 44.0 Å². The number of methoxy groups -OCH3 is 3. The molecule has 2 atom stereocenters. The van der Waals surface area contributed by atoms with Gasteiger partial charge in [0, 0.05) is 31.7 Å². The van der Waals surface area contributed by atoms with Gasteiger partial charge in [-0.1, -0.05) is 0 Å². The minimum absolute atomic E-state index is 0.588. The first kappa shape index (κ1) is 16.4. The molecule has 2 heterocycles. The van der Waals surface area contributed by atoms with Crippen molar-refractivity contribution in [2.75, 3.05) is 41.0 Å². The van der Waals surface area contributed by atoms with Crippen molar-refractivity contribution in [2.45, 2.75) is 38.4 Å².